The Kier molecular flexibility index (Phi) is 3.75. The van der Waals surface area contributed by atoms with Crippen LogP contribution in [0.25, 0.3) is 5.69 Å². The summed E-state index contributed by atoms with van der Waals surface area (Å²) in [7, 11) is 0. The second kappa shape index (κ2) is 5.11. The topological polar surface area (TPSA) is 17.8 Å². The Morgan fingerprint density at radius 1 is 1.12 bits per heavy atom. The molecule has 0 amide bonds. The van der Waals surface area contributed by atoms with Crippen molar-refractivity contribution in [2.45, 2.75) is 26.7 Å². The van der Waals surface area contributed by atoms with Crippen molar-refractivity contribution < 1.29 is 0 Å². The van der Waals surface area contributed by atoms with Crippen LogP contribution in [0.4, 0.5) is 0 Å². The highest BCUT2D eigenvalue weighted by Crippen LogP contribution is 2.25. The number of benzene rings is 1. The van der Waals surface area contributed by atoms with Gasteiger partial charge in [0.25, 0.3) is 0 Å². The van der Waals surface area contributed by atoms with Crippen LogP contribution < -0.4 is 0 Å². The summed E-state index contributed by atoms with van der Waals surface area (Å²) in [4.78, 5) is 0. The first-order valence-corrected chi connectivity index (χ1v) is 6.44. The largest absolute Gasteiger partial charge is 0.236 e. The third-order valence-electron chi connectivity index (χ3n) is 2.70. The lowest BCUT2D eigenvalue weighted by Crippen LogP contribution is -2.02. The second-order valence-electron chi connectivity index (χ2n) is 3.84. The van der Waals surface area contributed by atoms with Crippen LogP contribution in [0, 0.1) is 0 Å². The van der Waals surface area contributed by atoms with Crippen molar-refractivity contribution in [2.75, 3.05) is 0 Å². The first-order chi connectivity index (χ1) is 8.15. The van der Waals surface area contributed by atoms with Gasteiger partial charge in [-0.05, 0) is 37.1 Å². The Morgan fingerprint density at radius 2 is 1.88 bits per heavy atom. The van der Waals surface area contributed by atoms with Gasteiger partial charge in [-0.3, -0.25) is 0 Å². The van der Waals surface area contributed by atoms with E-state index < -0.39 is 0 Å². The lowest BCUT2D eigenvalue weighted by molar-refractivity contribution is 0.794. The van der Waals surface area contributed by atoms with Gasteiger partial charge in [-0.15, -0.1) is 0 Å². The monoisotopic (exact) mass is 268 g/mol. The molecule has 0 aliphatic heterocycles. The van der Waals surface area contributed by atoms with Gasteiger partial charge in [0.15, 0.2) is 0 Å². The summed E-state index contributed by atoms with van der Waals surface area (Å²) < 4.78 is 1.90. The molecule has 1 heterocycles. The highest BCUT2D eigenvalue weighted by Gasteiger charge is 2.10. The van der Waals surface area contributed by atoms with Gasteiger partial charge < -0.3 is 0 Å². The number of nitrogens with zero attached hydrogens (tertiary/aromatic N) is 2. The maximum atomic E-state index is 6.20. The van der Waals surface area contributed by atoms with Crippen LogP contribution in [0.1, 0.15) is 25.2 Å². The van der Waals surface area contributed by atoms with Gasteiger partial charge in [0, 0.05) is 10.7 Å². The predicted octanol–water partition coefficient (Wildman–Crippen LogP) is 4.30. The molecule has 2 nitrogen and oxygen atoms in total. The van der Waals surface area contributed by atoms with E-state index in [0.29, 0.717) is 10.0 Å². The zero-order chi connectivity index (χ0) is 12.4. The lowest BCUT2D eigenvalue weighted by atomic mass is 10.2. The number of halogens is 2. The van der Waals surface area contributed by atoms with Gasteiger partial charge in [0.2, 0.25) is 0 Å². The first kappa shape index (κ1) is 12.5. The maximum absolute atomic E-state index is 6.20. The van der Waals surface area contributed by atoms with Crippen LogP contribution in [-0.2, 0) is 12.8 Å². The highest BCUT2D eigenvalue weighted by atomic mass is 35.5. The molecule has 1 aromatic heterocycles. The molecule has 0 spiro atoms. The average Bonchev–Trinajstić information content (AvgIpc) is 2.72. The molecule has 0 saturated carbocycles. The molecule has 90 valence electrons. The molecule has 0 N–H and O–H groups in total. The molecular weight excluding hydrogens is 255 g/mol. The molecule has 0 bridgehead atoms. The normalized spacial score (nSPS) is 10.8. The van der Waals surface area contributed by atoms with Crippen molar-refractivity contribution >= 4 is 23.2 Å². The Hall–Kier alpha value is -0.990. The molecule has 0 fully saturated rings. The Bertz CT molecular complexity index is 532. The van der Waals surface area contributed by atoms with Crippen molar-refractivity contribution in [2.24, 2.45) is 0 Å². The fourth-order valence-electron chi connectivity index (χ4n) is 1.76. The smallest absolute Gasteiger partial charge is 0.0836 e. The summed E-state index contributed by atoms with van der Waals surface area (Å²) in [6.07, 6.45) is 1.84. The van der Waals surface area contributed by atoms with Crippen molar-refractivity contribution in [3.05, 3.63) is 45.7 Å². The molecule has 0 radical (unpaired) electrons. The van der Waals surface area contributed by atoms with Gasteiger partial charge in [0.05, 0.1) is 16.4 Å². The molecule has 1 aromatic carbocycles. The van der Waals surface area contributed by atoms with E-state index in [4.69, 9.17) is 23.2 Å². The van der Waals surface area contributed by atoms with Gasteiger partial charge in [-0.25, -0.2) is 4.68 Å². The second-order valence-corrected chi connectivity index (χ2v) is 4.69. The molecule has 2 rings (SSSR count). The van der Waals surface area contributed by atoms with E-state index in [-0.39, 0.29) is 0 Å². The van der Waals surface area contributed by atoms with Crippen LogP contribution in [-0.4, -0.2) is 9.78 Å². The molecule has 17 heavy (non-hydrogen) atoms. The highest BCUT2D eigenvalue weighted by molar-refractivity contribution is 6.35. The third-order valence-corrected chi connectivity index (χ3v) is 3.23. The molecule has 4 heteroatoms. The van der Waals surface area contributed by atoms with E-state index in [1.54, 1.807) is 6.07 Å². The molecule has 0 aliphatic carbocycles. The number of aromatic nitrogens is 2. The summed E-state index contributed by atoms with van der Waals surface area (Å²) in [5.74, 6) is 0. The minimum Gasteiger partial charge on any atom is -0.236 e. The molecular formula is C13H14Cl2N2. The number of aryl methyl sites for hydroxylation is 2. The van der Waals surface area contributed by atoms with Gasteiger partial charge in [-0.1, -0.05) is 37.0 Å². The summed E-state index contributed by atoms with van der Waals surface area (Å²) in [6, 6.07) is 7.59. The number of hydrogen-bond acceptors (Lipinski definition) is 1. The van der Waals surface area contributed by atoms with Crippen LogP contribution in [0.5, 0.6) is 0 Å². The molecule has 2 aromatic rings. The Labute approximate surface area is 111 Å². The van der Waals surface area contributed by atoms with Crippen molar-refractivity contribution in [1.29, 1.82) is 0 Å². The van der Waals surface area contributed by atoms with E-state index >= 15 is 0 Å². The van der Waals surface area contributed by atoms with E-state index in [1.807, 2.05) is 16.8 Å². The zero-order valence-electron chi connectivity index (χ0n) is 9.87. The number of rotatable bonds is 3. The van der Waals surface area contributed by atoms with Crippen LogP contribution in [0.3, 0.4) is 0 Å². The van der Waals surface area contributed by atoms with Crippen molar-refractivity contribution in [3.8, 4) is 5.69 Å². The van der Waals surface area contributed by atoms with Crippen molar-refractivity contribution in [3.63, 3.8) is 0 Å². The van der Waals surface area contributed by atoms with Gasteiger partial charge in [-0.2, -0.15) is 5.10 Å². The van der Waals surface area contributed by atoms with Gasteiger partial charge >= 0.3 is 0 Å². The third kappa shape index (κ3) is 2.48. The van der Waals surface area contributed by atoms with E-state index in [0.717, 1.165) is 29.9 Å². The first-order valence-electron chi connectivity index (χ1n) is 5.69. The minimum absolute atomic E-state index is 0.623. The van der Waals surface area contributed by atoms with E-state index in [9.17, 15) is 0 Å². The summed E-state index contributed by atoms with van der Waals surface area (Å²) >= 11 is 12.1. The molecule has 0 saturated heterocycles. The quantitative estimate of drug-likeness (QED) is 0.812. The van der Waals surface area contributed by atoms with E-state index in [2.05, 4.69) is 25.0 Å². The lowest BCUT2D eigenvalue weighted by Gasteiger charge is -2.08. The maximum Gasteiger partial charge on any atom is 0.0836 e. The summed E-state index contributed by atoms with van der Waals surface area (Å²) in [5.41, 5.74) is 3.12. The predicted molar refractivity (Wildman–Crippen MR) is 72.3 cm³/mol. The number of hydrogen-bond donors (Lipinski definition) is 0. The molecule has 0 atom stereocenters. The Balaban J connectivity index is 2.55. The molecule has 0 unspecified atom stereocenters. The van der Waals surface area contributed by atoms with E-state index in [1.165, 1.54) is 0 Å². The van der Waals surface area contributed by atoms with Crippen molar-refractivity contribution in [1.82, 2.24) is 9.78 Å². The fraction of sp³-hybridized carbons (Fsp3) is 0.308. The standard InChI is InChI=1S/C13H14Cl2N2/c1-3-10-8-11(4-2)17(16-10)13-6-5-9(14)7-12(13)15/h5-8H,3-4H2,1-2H3. The SMILES string of the molecule is CCc1cc(CC)n(-c2ccc(Cl)cc2Cl)n1. The Morgan fingerprint density at radius 3 is 2.47 bits per heavy atom. The minimum atomic E-state index is 0.623. The van der Waals surface area contributed by atoms with Crippen LogP contribution in [0.2, 0.25) is 10.0 Å². The van der Waals surface area contributed by atoms with Crippen LogP contribution in [0.15, 0.2) is 24.3 Å². The summed E-state index contributed by atoms with van der Waals surface area (Å²) in [5, 5.41) is 5.81. The molecule has 0 aliphatic rings. The zero-order valence-corrected chi connectivity index (χ0v) is 11.4. The fourth-order valence-corrected chi connectivity index (χ4v) is 2.25. The summed E-state index contributed by atoms with van der Waals surface area (Å²) in [6.45, 7) is 4.20. The van der Waals surface area contributed by atoms with Crippen LogP contribution >= 0.6 is 23.2 Å². The van der Waals surface area contributed by atoms with Gasteiger partial charge in [0.1, 0.15) is 0 Å². The average molecular weight is 269 g/mol.